The highest BCUT2D eigenvalue weighted by Gasteiger charge is 2.08. The Morgan fingerprint density at radius 1 is 1.52 bits per heavy atom. The van der Waals surface area contributed by atoms with Gasteiger partial charge in [0.1, 0.15) is 0 Å². The molecule has 21 heavy (non-hydrogen) atoms. The molecule has 3 aromatic heterocycles. The SMILES string of the molecule is O=C(/C=C/c1c(Cl)nc2sccn12)NCc1cccnc1. The van der Waals surface area contributed by atoms with E-state index in [9.17, 15) is 4.79 Å². The molecule has 0 aliphatic carbocycles. The minimum absolute atomic E-state index is 0.194. The second-order valence-electron chi connectivity index (χ2n) is 4.26. The fraction of sp³-hybridized carbons (Fsp3) is 0.0714. The third-order valence-corrected chi connectivity index (χ3v) is 3.87. The number of nitrogens with one attached hydrogen (secondary N) is 1. The highest BCUT2D eigenvalue weighted by Crippen LogP contribution is 2.22. The van der Waals surface area contributed by atoms with Gasteiger partial charge in [-0.15, -0.1) is 11.3 Å². The molecule has 0 saturated heterocycles. The molecule has 0 aliphatic heterocycles. The molecule has 0 bridgehead atoms. The molecule has 3 rings (SSSR count). The van der Waals surface area contributed by atoms with Crippen LogP contribution in [0.15, 0.2) is 42.2 Å². The summed E-state index contributed by atoms with van der Waals surface area (Å²) in [6.07, 6.45) is 8.38. The number of carbonyl (C=O) groups is 1. The van der Waals surface area contributed by atoms with Crippen LogP contribution in [0, 0.1) is 0 Å². The lowest BCUT2D eigenvalue weighted by molar-refractivity contribution is -0.116. The Labute approximate surface area is 129 Å². The summed E-state index contributed by atoms with van der Waals surface area (Å²) in [6.45, 7) is 0.436. The molecular formula is C14H11ClN4OS. The van der Waals surface area contributed by atoms with E-state index in [0.29, 0.717) is 17.4 Å². The molecule has 0 saturated carbocycles. The van der Waals surface area contributed by atoms with E-state index < -0.39 is 0 Å². The Balaban J connectivity index is 1.67. The van der Waals surface area contributed by atoms with Crippen LogP contribution in [0.1, 0.15) is 11.3 Å². The molecule has 0 atom stereocenters. The first-order chi connectivity index (χ1) is 10.2. The van der Waals surface area contributed by atoms with E-state index in [2.05, 4.69) is 15.3 Å². The van der Waals surface area contributed by atoms with Crippen LogP contribution in [0.4, 0.5) is 0 Å². The third-order valence-electron chi connectivity index (χ3n) is 2.84. The molecule has 0 unspecified atom stereocenters. The van der Waals surface area contributed by atoms with E-state index in [1.54, 1.807) is 18.5 Å². The normalized spacial score (nSPS) is 11.3. The van der Waals surface area contributed by atoms with E-state index in [-0.39, 0.29) is 5.91 Å². The van der Waals surface area contributed by atoms with E-state index in [0.717, 1.165) is 10.5 Å². The highest BCUT2D eigenvalue weighted by molar-refractivity contribution is 7.15. The maximum Gasteiger partial charge on any atom is 0.244 e. The number of halogens is 1. The van der Waals surface area contributed by atoms with Crippen molar-refractivity contribution >= 4 is 39.9 Å². The maximum atomic E-state index is 11.8. The Morgan fingerprint density at radius 2 is 2.43 bits per heavy atom. The number of rotatable bonds is 4. The molecule has 0 aliphatic rings. The third kappa shape index (κ3) is 3.12. The van der Waals surface area contributed by atoms with Crippen LogP contribution >= 0.6 is 22.9 Å². The van der Waals surface area contributed by atoms with Crippen molar-refractivity contribution in [2.45, 2.75) is 6.54 Å². The lowest BCUT2D eigenvalue weighted by atomic mass is 10.3. The number of hydrogen-bond acceptors (Lipinski definition) is 4. The van der Waals surface area contributed by atoms with Crippen molar-refractivity contribution in [1.82, 2.24) is 19.7 Å². The van der Waals surface area contributed by atoms with Crippen LogP contribution < -0.4 is 5.32 Å². The lowest BCUT2D eigenvalue weighted by Crippen LogP contribution is -2.20. The predicted molar refractivity (Wildman–Crippen MR) is 83.2 cm³/mol. The number of thiazole rings is 1. The van der Waals surface area contributed by atoms with Crippen LogP contribution in [0.3, 0.4) is 0 Å². The van der Waals surface area contributed by atoms with Crippen molar-refractivity contribution < 1.29 is 4.79 Å². The monoisotopic (exact) mass is 318 g/mol. The molecule has 1 amide bonds. The van der Waals surface area contributed by atoms with E-state index >= 15 is 0 Å². The van der Waals surface area contributed by atoms with Crippen molar-refractivity contribution in [2.24, 2.45) is 0 Å². The second kappa shape index (κ2) is 6.07. The summed E-state index contributed by atoms with van der Waals surface area (Å²) < 4.78 is 1.85. The van der Waals surface area contributed by atoms with Crippen LogP contribution in [0.25, 0.3) is 11.0 Å². The van der Waals surface area contributed by atoms with Gasteiger partial charge >= 0.3 is 0 Å². The van der Waals surface area contributed by atoms with Gasteiger partial charge < -0.3 is 5.32 Å². The second-order valence-corrected chi connectivity index (χ2v) is 5.49. The van der Waals surface area contributed by atoms with Gasteiger partial charge in [0, 0.05) is 36.6 Å². The lowest BCUT2D eigenvalue weighted by Gasteiger charge is -2.01. The van der Waals surface area contributed by atoms with Crippen LogP contribution in [0.2, 0.25) is 5.15 Å². The predicted octanol–water partition coefficient (Wildman–Crippen LogP) is 2.77. The van der Waals surface area contributed by atoms with Crippen molar-refractivity contribution in [3.63, 3.8) is 0 Å². The average molecular weight is 319 g/mol. The summed E-state index contributed by atoms with van der Waals surface area (Å²) in [5.41, 5.74) is 1.64. The van der Waals surface area contributed by atoms with Gasteiger partial charge in [-0.1, -0.05) is 17.7 Å². The first-order valence-electron chi connectivity index (χ1n) is 6.20. The number of pyridine rings is 1. The van der Waals surface area contributed by atoms with Gasteiger partial charge in [0.2, 0.25) is 5.91 Å². The van der Waals surface area contributed by atoms with Gasteiger partial charge in [0.25, 0.3) is 0 Å². The number of fused-ring (bicyclic) bond motifs is 1. The minimum atomic E-state index is -0.194. The number of nitrogens with zero attached hydrogens (tertiary/aromatic N) is 3. The van der Waals surface area contributed by atoms with Gasteiger partial charge in [-0.05, 0) is 17.7 Å². The standard InChI is InChI=1S/C14H11ClN4OS/c15-13-11(19-6-7-21-14(19)18-13)3-4-12(20)17-9-10-2-1-5-16-8-10/h1-8H,9H2,(H,17,20)/b4-3+. The van der Waals surface area contributed by atoms with Crippen LogP contribution in [-0.2, 0) is 11.3 Å². The molecule has 1 N–H and O–H groups in total. The van der Waals surface area contributed by atoms with E-state index in [4.69, 9.17) is 11.6 Å². The molecule has 0 aromatic carbocycles. The van der Waals surface area contributed by atoms with E-state index in [1.807, 2.05) is 28.1 Å². The number of carbonyl (C=O) groups excluding carboxylic acids is 1. The molecule has 7 heteroatoms. The fourth-order valence-corrected chi connectivity index (χ4v) is 2.84. The Kier molecular flexibility index (Phi) is 3.98. The minimum Gasteiger partial charge on any atom is -0.348 e. The van der Waals surface area contributed by atoms with Gasteiger partial charge in [-0.3, -0.25) is 14.2 Å². The summed E-state index contributed by atoms with van der Waals surface area (Å²) in [5, 5.41) is 5.09. The van der Waals surface area contributed by atoms with Crippen LogP contribution in [-0.4, -0.2) is 20.3 Å². The summed E-state index contributed by atoms with van der Waals surface area (Å²) in [7, 11) is 0. The van der Waals surface area contributed by atoms with Gasteiger partial charge in [0.15, 0.2) is 10.1 Å². The molecule has 106 valence electrons. The molecule has 3 aromatic rings. The molecule has 0 fully saturated rings. The summed E-state index contributed by atoms with van der Waals surface area (Å²) in [4.78, 5) is 20.8. The molecular weight excluding hydrogens is 308 g/mol. The molecule has 5 nitrogen and oxygen atoms in total. The Morgan fingerprint density at radius 3 is 3.24 bits per heavy atom. The quantitative estimate of drug-likeness (QED) is 0.752. The first kappa shape index (κ1) is 13.8. The van der Waals surface area contributed by atoms with Gasteiger partial charge in [0.05, 0.1) is 5.69 Å². The van der Waals surface area contributed by atoms with E-state index in [1.165, 1.54) is 17.4 Å². The fourth-order valence-electron chi connectivity index (χ4n) is 1.83. The zero-order valence-corrected chi connectivity index (χ0v) is 12.4. The van der Waals surface area contributed by atoms with Gasteiger partial charge in [-0.25, -0.2) is 4.98 Å². The number of hydrogen-bond donors (Lipinski definition) is 1. The van der Waals surface area contributed by atoms with Crippen molar-refractivity contribution in [3.8, 4) is 0 Å². The molecule has 0 spiro atoms. The van der Waals surface area contributed by atoms with Crippen LogP contribution in [0.5, 0.6) is 0 Å². The Bertz CT molecular complexity index is 794. The topological polar surface area (TPSA) is 59.3 Å². The van der Waals surface area contributed by atoms with Crippen molar-refractivity contribution in [2.75, 3.05) is 0 Å². The zero-order chi connectivity index (χ0) is 14.7. The summed E-state index contributed by atoms with van der Waals surface area (Å²) >= 11 is 7.54. The van der Waals surface area contributed by atoms with Gasteiger partial charge in [-0.2, -0.15) is 0 Å². The molecule has 0 radical (unpaired) electrons. The maximum absolute atomic E-state index is 11.8. The Hall–Kier alpha value is -2.18. The van der Waals surface area contributed by atoms with Crippen molar-refractivity contribution in [3.05, 3.63) is 58.6 Å². The average Bonchev–Trinajstić information content (AvgIpc) is 3.05. The first-order valence-corrected chi connectivity index (χ1v) is 7.45. The summed E-state index contributed by atoms with van der Waals surface area (Å²) in [6, 6.07) is 3.73. The number of amides is 1. The molecule has 3 heterocycles. The number of imidazole rings is 1. The largest absolute Gasteiger partial charge is 0.348 e. The smallest absolute Gasteiger partial charge is 0.244 e. The summed E-state index contributed by atoms with van der Waals surface area (Å²) in [5.74, 6) is -0.194. The van der Waals surface area contributed by atoms with Crippen molar-refractivity contribution in [1.29, 1.82) is 0 Å². The number of aromatic nitrogens is 3. The highest BCUT2D eigenvalue weighted by atomic mass is 35.5. The zero-order valence-electron chi connectivity index (χ0n) is 10.9.